The van der Waals surface area contributed by atoms with Crippen molar-refractivity contribution in [1.82, 2.24) is 10.2 Å². The SMILES string of the molecule is CCCCOC1CCN(C(=O)c2ccc(CNC(C)=O)s2)C1. The van der Waals surface area contributed by atoms with Gasteiger partial charge in [0.2, 0.25) is 5.91 Å². The first-order valence-corrected chi connectivity index (χ1v) is 8.65. The van der Waals surface area contributed by atoms with Crippen LogP contribution < -0.4 is 5.32 Å². The molecule has 0 bridgehead atoms. The van der Waals surface area contributed by atoms with E-state index in [0.29, 0.717) is 13.1 Å². The fraction of sp³-hybridized carbons (Fsp3) is 0.625. The third-order valence-corrected chi connectivity index (χ3v) is 4.74. The van der Waals surface area contributed by atoms with E-state index in [0.717, 1.165) is 42.2 Å². The van der Waals surface area contributed by atoms with Crippen molar-refractivity contribution >= 4 is 23.2 Å². The predicted octanol–water partition coefficient (Wildman–Crippen LogP) is 2.42. The molecule has 1 aliphatic heterocycles. The molecular formula is C16H24N2O3S. The minimum absolute atomic E-state index is 0.0621. The van der Waals surface area contributed by atoms with E-state index in [1.54, 1.807) is 0 Å². The third kappa shape index (κ3) is 4.81. The second-order valence-corrected chi connectivity index (χ2v) is 6.73. The molecule has 1 fully saturated rings. The van der Waals surface area contributed by atoms with Crippen molar-refractivity contribution in [2.75, 3.05) is 19.7 Å². The molecule has 2 amide bonds. The van der Waals surface area contributed by atoms with Gasteiger partial charge >= 0.3 is 0 Å². The number of nitrogens with zero attached hydrogens (tertiary/aromatic N) is 1. The molecule has 122 valence electrons. The molecule has 6 heteroatoms. The predicted molar refractivity (Wildman–Crippen MR) is 87.0 cm³/mol. The molecule has 1 saturated heterocycles. The average Bonchev–Trinajstić information content (AvgIpc) is 3.14. The Labute approximate surface area is 135 Å². The Morgan fingerprint density at radius 2 is 2.27 bits per heavy atom. The molecule has 1 aromatic heterocycles. The van der Waals surface area contributed by atoms with E-state index >= 15 is 0 Å². The van der Waals surface area contributed by atoms with Crippen LogP contribution in [0.5, 0.6) is 0 Å². The van der Waals surface area contributed by atoms with Crippen molar-refractivity contribution < 1.29 is 14.3 Å². The zero-order valence-corrected chi connectivity index (χ0v) is 14.1. The number of thiophene rings is 1. The molecule has 0 spiro atoms. The molecule has 1 aromatic rings. The summed E-state index contributed by atoms with van der Waals surface area (Å²) in [5.74, 6) is 0.00792. The van der Waals surface area contributed by atoms with Crippen molar-refractivity contribution in [3.63, 3.8) is 0 Å². The number of rotatable bonds is 7. The lowest BCUT2D eigenvalue weighted by Crippen LogP contribution is -2.29. The van der Waals surface area contributed by atoms with Gasteiger partial charge in [-0.25, -0.2) is 0 Å². The summed E-state index contributed by atoms with van der Waals surface area (Å²) in [5.41, 5.74) is 0. The van der Waals surface area contributed by atoms with E-state index in [1.807, 2.05) is 17.0 Å². The zero-order chi connectivity index (χ0) is 15.9. The Morgan fingerprint density at radius 3 is 3.00 bits per heavy atom. The Hall–Kier alpha value is -1.40. The quantitative estimate of drug-likeness (QED) is 0.784. The van der Waals surface area contributed by atoms with E-state index in [2.05, 4.69) is 12.2 Å². The Morgan fingerprint density at radius 1 is 1.45 bits per heavy atom. The Balaban J connectivity index is 1.83. The first kappa shape index (κ1) is 17.0. The van der Waals surface area contributed by atoms with E-state index in [-0.39, 0.29) is 17.9 Å². The summed E-state index contributed by atoms with van der Waals surface area (Å²) in [7, 11) is 0. The number of amides is 2. The van der Waals surface area contributed by atoms with E-state index in [4.69, 9.17) is 4.74 Å². The van der Waals surface area contributed by atoms with Crippen LogP contribution in [-0.4, -0.2) is 42.5 Å². The number of carbonyl (C=O) groups excluding carboxylic acids is 2. The molecule has 0 saturated carbocycles. The van der Waals surface area contributed by atoms with Crippen molar-refractivity contribution in [3.8, 4) is 0 Å². The molecule has 1 N–H and O–H groups in total. The van der Waals surface area contributed by atoms with Gasteiger partial charge in [0.05, 0.1) is 17.5 Å². The van der Waals surface area contributed by atoms with Crippen LogP contribution in [0.25, 0.3) is 0 Å². The number of carbonyl (C=O) groups is 2. The standard InChI is InChI=1S/C16H24N2O3S/c1-3-4-9-21-13-7-8-18(11-13)16(20)15-6-5-14(22-15)10-17-12(2)19/h5-6,13H,3-4,7-11H2,1-2H3,(H,17,19). The summed E-state index contributed by atoms with van der Waals surface area (Å²) in [6.07, 6.45) is 3.29. The van der Waals surface area contributed by atoms with Gasteiger partial charge in [0, 0.05) is 31.5 Å². The summed E-state index contributed by atoms with van der Waals surface area (Å²) in [4.78, 5) is 27.0. The molecular weight excluding hydrogens is 300 g/mol. The lowest BCUT2D eigenvalue weighted by Gasteiger charge is -2.15. The van der Waals surface area contributed by atoms with Crippen molar-refractivity contribution in [1.29, 1.82) is 0 Å². The van der Waals surface area contributed by atoms with Gasteiger partial charge in [-0.3, -0.25) is 9.59 Å². The average molecular weight is 324 g/mol. The molecule has 1 unspecified atom stereocenters. The van der Waals surface area contributed by atoms with Crippen LogP contribution in [0.15, 0.2) is 12.1 Å². The largest absolute Gasteiger partial charge is 0.376 e. The molecule has 2 heterocycles. The van der Waals surface area contributed by atoms with Crippen molar-refractivity contribution in [2.45, 2.75) is 45.8 Å². The first-order chi connectivity index (χ1) is 10.6. The highest BCUT2D eigenvalue weighted by atomic mass is 32.1. The van der Waals surface area contributed by atoms with E-state index < -0.39 is 0 Å². The second-order valence-electron chi connectivity index (χ2n) is 5.56. The van der Waals surface area contributed by atoms with Crippen LogP contribution >= 0.6 is 11.3 Å². The maximum absolute atomic E-state index is 12.5. The van der Waals surface area contributed by atoms with E-state index in [9.17, 15) is 9.59 Å². The van der Waals surface area contributed by atoms with Crippen LogP contribution in [0.2, 0.25) is 0 Å². The maximum Gasteiger partial charge on any atom is 0.264 e. The second kappa shape index (κ2) is 8.29. The zero-order valence-electron chi connectivity index (χ0n) is 13.3. The number of unbranched alkanes of at least 4 members (excludes halogenated alkanes) is 1. The molecule has 0 radical (unpaired) electrons. The van der Waals surface area contributed by atoms with Gasteiger partial charge in [0.15, 0.2) is 0 Å². The summed E-state index contributed by atoms with van der Waals surface area (Å²) >= 11 is 1.45. The highest BCUT2D eigenvalue weighted by Crippen LogP contribution is 2.22. The van der Waals surface area contributed by atoms with Gasteiger partial charge in [-0.1, -0.05) is 13.3 Å². The fourth-order valence-corrected chi connectivity index (χ4v) is 3.31. The van der Waals surface area contributed by atoms with Crippen LogP contribution in [0.4, 0.5) is 0 Å². The van der Waals surface area contributed by atoms with Crippen LogP contribution in [0.3, 0.4) is 0 Å². The number of hydrogen-bond donors (Lipinski definition) is 1. The molecule has 5 nitrogen and oxygen atoms in total. The molecule has 2 rings (SSSR count). The van der Waals surface area contributed by atoms with Gasteiger partial charge < -0.3 is 15.0 Å². The number of hydrogen-bond acceptors (Lipinski definition) is 4. The topological polar surface area (TPSA) is 58.6 Å². The first-order valence-electron chi connectivity index (χ1n) is 7.84. The van der Waals surface area contributed by atoms with Gasteiger partial charge in [-0.05, 0) is 25.0 Å². The normalized spacial score (nSPS) is 17.7. The van der Waals surface area contributed by atoms with Crippen molar-refractivity contribution in [3.05, 3.63) is 21.9 Å². The smallest absolute Gasteiger partial charge is 0.264 e. The monoisotopic (exact) mass is 324 g/mol. The number of likely N-dealkylation sites (tertiary alicyclic amines) is 1. The van der Waals surface area contributed by atoms with Crippen LogP contribution in [0, 0.1) is 0 Å². The lowest BCUT2D eigenvalue weighted by molar-refractivity contribution is -0.119. The van der Waals surface area contributed by atoms with Crippen LogP contribution in [-0.2, 0) is 16.1 Å². The van der Waals surface area contributed by atoms with Crippen LogP contribution in [0.1, 0.15) is 47.7 Å². The summed E-state index contributed by atoms with van der Waals surface area (Å²) in [5, 5.41) is 2.75. The van der Waals surface area contributed by atoms with Gasteiger partial charge in [-0.2, -0.15) is 0 Å². The Kier molecular flexibility index (Phi) is 6.39. The number of ether oxygens (including phenoxy) is 1. The fourth-order valence-electron chi connectivity index (χ4n) is 2.40. The third-order valence-electron chi connectivity index (χ3n) is 3.67. The lowest BCUT2D eigenvalue weighted by atomic mass is 10.3. The summed E-state index contributed by atoms with van der Waals surface area (Å²) < 4.78 is 5.79. The van der Waals surface area contributed by atoms with E-state index in [1.165, 1.54) is 18.3 Å². The van der Waals surface area contributed by atoms with Gasteiger partial charge in [0.25, 0.3) is 5.91 Å². The molecule has 0 aromatic carbocycles. The minimum Gasteiger partial charge on any atom is -0.376 e. The summed E-state index contributed by atoms with van der Waals surface area (Å²) in [6, 6.07) is 3.74. The maximum atomic E-state index is 12.5. The van der Waals surface area contributed by atoms with Gasteiger partial charge in [-0.15, -0.1) is 11.3 Å². The highest BCUT2D eigenvalue weighted by molar-refractivity contribution is 7.14. The molecule has 22 heavy (non-hydrogen) atoms. The van der Waals surface area contributed by atoms with Crippen molar-refractivity contribution in [2.24, 2.45) is 0 Å². The molecule has 0 aliphatic carbocycles. The van der Waals surface area contributed by atoms with Gasteiger partial charge in [0.1, 0.15) is 0 Å². The Bertz CT molecular complexity index is 515. The molecule has 1 aliphatic rings. The highest BCUT2D eigenvalue weighted by Gasteiger charge is 2.28. The molecule has 1 atom stereocenters. The summed E-state index contributed by atoms with van der Waals surface area (Å²) in [6.45, 7) is 6.33. The minimum atomic E-state index is -0.0621. The number of nitrogens with one attached hydrogen (secondary N) is 1.